The van der Waals surface area contributed by atoms with Crippen molar-refractivity contribution in [1.29, 1.82) is 0 Å². The van der Waals surface area contributed by atoms with Crippen molar-refractivity contribution >= 4 is 27.5 Å². The summed E-state index contributed by atoms with van der Waals surface area (Å²) in [6.07, 6.45) is 4.14. The van der Waals surface area contributed by atoms with Crippen LogP contribution in [0.2, 0.25) is 0 Å². The van der Waals surface area contributed by atoms with E-state index in [2.05, 4.69) is 18.9 Å². The average molecular weight is 381 g/mol. The molecule has 0 bridgehead atoms. The molecule has 2 heterocycles. The van der Waals surface area contributed by atoms with Gasteiger partial charge < -0.3 is 5.73 Å². The number of benzene rings is 1. The van der Waals surface area contributed by atoms with Crippen LogP contribution < -0.4 is 14.8 Å². The molecule has 0 aliphatic carbocycles. The molecular weight excluding hydrogens is 361 g/mol. The summed E-state index contributed by atoms with van der Waals surface area (Å²) < 4.78 is 43.3. The van der Waals surface area contributed by atoms with Gasteiger partial charge in [0.15, 0.2) is 5.82 Å². The molecule has 0 unspecified atom stereocenters. The molecule has 1 amide bonds. The van der Waals surface area contributed by atoms with Crippen molar-refractivity contribution in [3.05, 3.63) is 30.3 Å². The van der Waals surface area contributed by atoms with Gasteiger partial charge in [0.05, 0.1) is 11.9 Å². The number of nitrogens with one attached hydrogen (secondary N) is 1. The van der Waals surface area contributed by atoms with Crippen LogP contribution in [0.15, 0.2) is 24.5 Å². The Hall–Kier alpha value is -2.62. The predicted molar refractivity (Wildman–Crippen MR) is 95.9 cm³/mol. The summed E-state index contributed by atoms with van der Waals surface area (Å²) in [5, 5.41) is 4.22. The van der Waals surface area contributed by atoms with Crippen molar-refractivity contribution in [3.63, 3.8) is 0 Å². The van der Waals surface area contributed by atoms with Crippen molar-refractivity contribution in [2.45, 2.75) is 26.8 Å². The smallest absolute Gasteiger partial charge is 0.326 e. The standard InChI is InChI=1S/C16H20FN5O3S/c1-10(2)5-6-21-8-11(7-19-21)12-3-4-13(18)16(15(12)17)22-9-14(23)20-26(22,24)25/h3-4,7-8,10H,5-6,9,18H2,1-2H3,(H,20,23). The van der Waals surface area contributed by atoms with Crippen molar-refractivity contribution in [3.8, 4) is 11.1 Å². The Balaban J connectivity index is 2.00. The predicted octanol–water partition coefficient (Wildman–Crippen LogP) is 1.50. The number of hydrogen-bond acceptors (Lipinski definition) is 5. The number of carbonyl (C=O) groups excluding carboxylic acids is 1. The van der Waals surface area contributed by atoms with Crippen LogP contribution in [0.3, 0.4) is 0 Å². The van der Waals surface area contributed by atoms with Gasteiger partial charge in [-0.3, -0.25) is 9.48 Å². The van der Waals surface area contributed by atoms with Crippen molar-refractivity contribution in [2.24, 2.45) is 5.92 Å². The second-order valence-electron chi connectivity index (χ2n) is 6.58. The number of nitrogen functional groups attached to an aromatic ring is 1. The lowest BCUT2D eigenvalue weighted by molar-refractivity contribution is -0.117. The maximum atomic E-state index is 15.1. The average Bonchev–Trinajstić information content (AvgIpc) is 3.09. The summed E-state index contributed by atoms with van der Waals surface area (Å²) in [5.41, 5.74) is 6.06. The zero-order chi connectivity index (χ0) is 19.1. The van der Waals surface area contributed by atoms with Gasteiger partial charge in [0.25, 0.3) is 5.91 Å². The highest BCUT2D eigenvalue weighted by Crippen LogP contribution is 2.36. The lowest BCUT2D eigenvalue weighted by atomic mass is 10.1. The SMILES string of the molecule is CC(C)CCn1cc(-c2ccc(N)c(N3CC(=O)NS3(=O)=O)c2F)cn1. The van der Waals surface area contributed by atoms with Gasteiger partial charge in [-0.05, 0) is 24.5 Å². The highest BCUT2D eigenvalue weighted by Gasteiger charge is 2.37. The number of hydrogen-bond donors (Lipinski definition) is 2. The fourth-order valence-electron chi connectivity index (χ4n) is 2.72. The molecule has 1 aliphatic heterocycles. The van der Waals surface area contributed by atoms with E-state index in [1.807, 2.05) is 4.72 Å². The molecule has 1 aliphatic rings. The van der Waals surface area contributed by atoms with Gasteiger partial charge in [0.2, 0.25) is 0 Å². The van der Waals surface area contributed by atoms with Gasteiger partial charge in [0.1, 0.15) is 12.2 Å². The summed E-state index contributed by atoms with van der Waals surface area (Å²) in [7, 11) is -4.15. The van der Waals surface area contributed by atoms with Crippen LogP contribution in [-0.4, -0.2) is 30.7 Å². The number of anilines is 2. The van der Waals surface area contributed by atoms with Crippen LogP contribution in [0, 0.1) is 11.7 Å². The van der Waals surface area contributed by atoms with E-state index in [0.717, 1.165) is 6.42 Å². The summed E-state index contributed by atoms with van der Waals surface area (Å²) in [6, 6.07) is 2.88. The molecule has 26 heavy (non-hydrogen) atoms. The zero-order valence-corrected chi connectivity index (χ0v) is 15.3. The molecule has 0 atom stereocenters. The third-order valence-corrected chi connectivity index (χ3v) is 5.47. The molecule has 1 aromatic carbocycles. The number of aromatic nitrogens is 2. The van der Waals surface area contributed by atoms with Crippen LogP contribution >= 0.6 is 0 Å². The summed E-state index contributed by atoms with van der Waals surface area (Å²) in [6.45, 7) is 4.38. The molecule has 1 fully saturated rings. The Bertz CT molecular complexity index is 955. The van der Waals surface area contributed by atoms with E-state index in [1.165, 1.54) is 18.3 Å². The van der Waals surface area contributed by atoms with Crippen LogP contribution in [0.25, 0.3) is 11.1 Å². The first-order chi connectivity index (χ1) is 12.2. The van der Waals surface area contributed by atoms with E-state index in [-0.39, 0.29) is 16.9 Å². The van der Waals surface area contributed by atoms with Gasteiger partial charge >= 0.3 is 10.2 Å². The Labute approximate surface area is 151 Å². The Kier molecular flexibility index (Phi) is 4.61. The summed E-state index contributed by atoms with van der Waals surface area (Å²) >= 11 is 0. The summed E-state index contributed by atoms with van der Waals surface area (Å²) in [5.74, 6) is -1.04. The Morgan fingerprint density at radius 2 is 2.12 bits per heavy atom. The largest absolute Gasteiger partial charge is 0.397 e. The second kappa shape index (κ2) is 6.60. The third-order valence-electron chi connectivity index (χ3n) is 4.10. The molecule has 2 aromatic rings. The molecular formula is C16H20FN5O3S. The lowest BCUT2D eigenvalue weighted by Gasteiger charge is -2.19. The van der Waals surface area contributed by atoms with E-state index in [1.54, 1.807) is 10.9 Å². The first-order valence-electron chi connectivity index (χ1n) is 8.13. The Morgan fingerprint density at radius 1 is 1.38 bits per heavy atom. The number of rotatable bonds is 5. The number of amides is 1. The van der Waals surface area contributed by atoms with Gasteiger partial charge in [-0.1, -0.05) is 13.8 Å². The van der Waals surface area contributed by atoms with E-state index >= 15 is 4.39 Å². The molecule has 0 spiro atoms. The third kappa shape index (κ3) is 3.36. The van der Waals surface area contributed by atoms with E-state index in [0.29, 0.717) is 22.3 Å². The van der Waals surface area contributed by atoms with Crippen LogP contribution in [0.5, 0.6) is 0 Å². The van der Waals surface area contributed by atoms with E-state index in [9.17, 15) is 13.2 Å². The van der Waals surface area contributed by atoms with Gasteiger partial charge in [-0.15, -0.1) is 0 Å². The van der Waals surface area contributed by atoms with Crippen LogP contribution in [0.4, 0.5) is 15.8 Å². The number of nitrogens with zero attached hydrogens (tertiary/aromatic N) is 3. The second-order valence-corrected chi connectivity index (χ2v) is 8.17. The van der Waals surface area contributed by atoms with Crippen LogP contribution in [0.1, 0.15) is 20.3 Å². The van der Waals surface area contributed by atoms with Crippen molar-refractivity contribution in [1.82, 2.24) is 14.5 Å². The molecule has 8 nitrogen and oxygen atoms in total. The normalized spacial score (nSPS) is 16.3. The molecule has 0 radical (unpaired) electrons. The molecule has 140 valence electrons. The maximum Gasteiger partial charge on any atom is 0.326 e. The van der Waals surface area contributed by atoms with E-state index in [4.69, 9.17) is 5.73 Å². The van der Waals surface area contributed by atoms with Crippen molar-refractivity contribution in [2.75, 3.05) is 16.6 Å². The summed E-state index contributed by atoms with van der Waals surface area (Å²) in [4.78, 5) is 11.4. The van der Waals surface area contributed by atoms with E-state index < -0.39 is 28.5 Å². The maximum absolute atomic E-state index is 15.1. The van der Waals surface area contributed by atoms with Gasteiger partial charge in [-0.25, -0.2) is 13.4 Å². The monoisotopic (exact) mass is 381 g/mol. The zero-order valence-electron chi connectivity index (χ0n) is 14.4. The number of halogens is 1. The molecule has 3 N–H and O–H groups in total. The molecule has 3 rings (SSSR count). The quantitative estimate of drug-likeness (QED) is 0.763. The first-order valence-corrected chi connectivity index (χ1v) is 9.57. The topological polar surface area (TPSA) is 110 Å². The molecule has 10 heteroatoms. The Morgan fingerprint density at radius 3 is 2.73 bits per heavy atom. The first kappa shape index (κ1) is 18.2. The fourth-order valence-corrected chi connectivity index (χ4v) is 3.89. The minimum absolute atomic E-state index is 0.0708. The minimum Gasteiger partial charge on any atom is -0.397 e. The molecule has 1 saturated heterocycles. The number of carbonyl (C=O) groups is 1. The number of aryl methyl sites for hydroxylation is 1. The fraction of sp³-hybridized carbons (Fsp3) is 0.375. The van der Waals surface area contributed by atoms with Gasteiger partial charge in [-0.2, -0.15) is 13.5 Å². The molecule has 0 saturated carbocycles. The number of nitrogens with two attached hydrogens (primary N) is 1. The highest BCUT2D eigenvalue weighted by molar-refractivity contribution is 7.92. The highest BCUT2D eigenvalue weighted by atomic mass is 32.2. The minimum atomic E-state index is -4.15. The van der Waals surface area contributed by atoms with Gasteiger partial charge in [0, 0.05) is 23.9 Å². The van der Waals surface area contributed by atoms with Crippen LogP contribution in [-0.2, 0) is 21.5 Å². The van der Waals surface area contributed by atoms with Crippen molar-refractivity contribution < 1.29 is 17.6 Å². The molecule has 1 aromatic heterocycles. The lowest BCUT2D eigenvalue weighted by Crippen LogP contribution is -2.31.